The molecule has 2 aliphatic rings. The molecule has 0 aromatic heterocycles. The Labute approximate surface area is 75.7 Å². The highest BCUT2D eigenvalue weighted by molar-refractivity contribution is 7.59. The fourth-order valence-electron chi connectivity index (χ4n) is 1.02. The van der Waals surface area contributed by atoms with Gasteiger partial charge in [-0.2, -0.15) is 13.5 Å². The standard InChI is InChI=1S/2C4H8O.H2S/c2*1-2-4-5-3-1;/h2*1-4H2;1H2. The van der Waals surface area contributed by atoms with Crippen molar-refractivity contribution >= 4 is 13.5 Å². The molecule has 0 N–H and O–H groups in total. The summed E-state index contributed by atoms with van der Waals surface area (Å²) >= 11 is 0. The van der Waals surface area contributed by atoms with Crippen LogP contribution in [0, 0.1) is 0 Å². The maximum absolute atomic E-state index is 4.94. The third-order valence-corrected chi connectivity index (χ3v) is 1.65. The van der Waals surface area contributed by atoms with Crippen LogP contribution < -0.4 is 0 Å². The van der Waals surface area contributed by atoms with Crippen molar-refractivity contribution in [1.82, 2.24) is 0 Å². The van der Waals surface area contributed by atoms with E-state index in [1.807, 2.05) is 0 Å². The minimum Gasteiger partial charge on any atom is -0.381 e. The van der Waals surface area contributed by atoms with Crippen molar-refractivity contribution in [2.45, 2.75) is 25.7 Å². The van der Waals surface area contributed by atoms with Gasteiger partial charge in [0.1, 0.15) is 0 Å². The lowest BCUT2D eigenvalue weighted by Gasteiger charge is -1.76. The van der Waals surface area contributed by atoms with E-state index in [1.165, 1.54) is 25.7 Å². The second-order valence-electron chi connectivity index (χ2n) is 2.64. The quantitative estimate of drug-likeness (QED) is 0.562. The molecular formula is C8H18O2S. The van der Waals surface area contributed by atoms with Crippen LogP contribution in [-0.4, -0.2) is 26.4 Å². The summed E-state index contributed by atoms with van der Waals surface area (Å²) in [5, 5.41) is 0. The first-order chi connectivity index (χ1) is 5.00. The van der Waals surface area contributed by atoms with Crippen LogP contribution in [0.3, 0.4) is 0 Å². The molecule has 2 rings (SSSR count). The molecular weight excluding hydrogens is 160 g/mol. The highest BCUT2D eigenvalue weighted by Crippen LogP contribution is 1.98. The molecule has 0 saturated carbocycles. The zero-order chi connectivity index (χ0) is 7.07. The van der Waals surface area contributed by atoms with Gasteiger partial charge < -0.3 is 9.47 Å². The molecule has 0 amide bonds. The van der Waals surface area contributed by atoms with Crippen molar-refractivity contribution in [1.29, 1.82) is 0 Å². The lowest BCUT2D eigenvalue weighted by atomic mass is 10.4. The van der Waals surface area contributed by atoms with Crippen LogP contribution in [-0.2, 0) is 9.47 Å². The molecule has 3 heteroatoms. The molecule has 0 aromatic rings. The largest absolute Gasteiger partial charge is 0.381 e. The Hall–Kier alpha value is 0.270. The van der Waals surface area contributed by atoms with Gasteiger partial charge in [0.15, 0.2) is 0 Å². The molecule has 11 heavy (non-hydrogen) atoms. The van der Waals surface area contributed by atoms with E-state index in [-0.39, 0.29) is 13.5 Å². The van der Waals surface area contributed by atoms with Crippen LogP contribution >= 0.6 is 13.5 Å². The Morgan fingerprint density at radius 1 is 0.545 bits per heavy atom. The first-order valence-electron chi connectivity index (χ1n) is 4.15. The molecule has 0 aromatic carbocycles. The number of rotatable bonds is 0. The lowest BCUT2D eigenvalue weighted by molar-refractivity contribution is 0.198. The predicted octanol–water partition coefficient (Wildman–Crippen LogP) is 1.71. The van der Waals surface area contributed by atoms with E-state index in [1.54, 1.807) is 0 Å². The monoisotopic (exact) mass is 178 g/mol. The molecule has 0 aliphatic carbocycles. The van der Waals surface area contributed by atoms with Crippen molar-refractivity contribution in [3.05, 3.63) is 0 Å². The van der Waals surface area contributed by atoms with Crippen molar-refractivity contribution in [3.8, 4) is 0 Å². The molecule has 2 heterocycles. The molecule has 0 unspecified atom stereocenters. The van der Waals surface area contributed by atoms with Crippen LogP contribution in [0.2, 0.25) is 0 Å². The summed E-state index contributed by atoms with van der Waals surface area (Å²) in [6, 6.07) is 0. The average molecular weight is 178 g/mol. The van der Waals surface area contributed by atoms with Gasteiger partial charge in [-0.3, -0.25) is 0 Å². The summed E-state index contributed by atoms with van der Waals surface area (Å²) in [6.45, 7) is 4.00. The molecule has 0 radical (unpaired) electrons. The first-order valence-corrected chi connectivity index (χ1v) is 4.15. The second-order valence-corrected chi connectivity index (χ2v) is 2.64. The van der Waals surface area contributed by atoms with Crippen molar-refractivity contribution < 1.29 is 9.47 Å². The Morgan fingerprint density at radius 3 is 0.909 bits per heavy atom. The number of hydrogen-bond donors (Lipinski definition) is 0. The molecule has 2 fully saturated rings. The smallest absolute Gasteiger partial charge is 0.0466 e. The molecule has 68 valence electrons. The van der Waals surface area contributed by atoms with Crippen LogP contribution in [0.5, 0.6) is 0 Å². The maximum Gasteiger partial charge on any atom is 0.0466 e. The van der Waals surface area contributed by atoms with E-state index in [0.717, 1.165) is 26.4 Å². The van der Waals surface area contributed by atoms with Crippen LogP contribution in [0.25, 0.3) is 0 Å². The zero-order valence-electron chi connectivity index (χ0n) is 6.97. The molecule has 0 atom stereocenters. The van der Waals surface area contributed by atoms with Crippen LogP contribution in [0.4, 0.5) is 0 Å². The maximum atomic E-state index is 4.94. The highest BCUT2D eigenvalue weighted by Gasteiger charge is 1.95. The van der Waals surface area contributed by atoms with Gasteiger partial charge in [-0.1, -0.05) is 0 Å². The summed E-state index contributed by atoms with van der Waals surface area (Å²) < 4.78 is 9.89. The van der Waals surface area contributed by atoms with Gasteiger partial charge in [0.05, 0.1) is 0 Å². The Bertz CT molecular complexity index is 45.3. The molecule has 2 nitrogen and oxygen atoms in total. The van der Waals surface area contributed by atoms with E-state index in [0.29, 0.717) is 0 Å². The van der Waals surface area contributed by atoms with Crippen LogP contribution in [0.1, 0.15) is 25.7 Å². The number of ether oxygens (including phenoxy) is 2. The van der Waals surface area contributed by atoms with E-state index in [9.17, 15) is 0 Å². The Balaban J connectivity index is 0.000000167. The fraction of sp³-hybridized carbons (Fsp3) is 1.00. The average Bonchev–Trinajstić information content (AvgIpc) is 2.67. The first kappa shape index (κ1) is 11.3. The third kappa shape index (κ3) is 6.66. The Morgan fingerprint density at radius 2 is 0.818 bits per heavy atom. The van der Waals surface area contributed by atoms with Gasteiger partial charge in [-0.15, -0.1) is 0 Å². The molecule has 0 bridgehead atoms. The third-order valence-electron chi connectivity index (χ3n) is 1.65. The highest BCUT2D eigenvalue weighted by atomic mass is 32.1. The van der Waals surface area contributed by atoms with E-state index < -0.39 is 0 Å². The predicted molar refractivity (Wildman–Crippen MR) is 50.5 cm³/mol. The van der Waals surface area contributed by atoms with E-state index in [4.69, 9.17) is 9.47 Å². The summed E-state index contributed by atoms with van der Waals surface area (Å²) in [6.07, 6.45) is 5.11. The fourth-order valence-corrected chi connectivity index (χ4v) is 1.02. The van der Waals surface area contributed by atoms with E-state index >= 15 is 0 Å². The van der Waals surface area contributed by atoms with Crippen molar-refractivity contribution in [2.75, 3.05) is 26.4 Å². The van der Waals surface area contributed by atoms with E-state index in [2.05, 4.69) is 0 Å². The second kappa shape index (κ2) is 8.37. The summed E-state index contributed by atoms with van der Waals surface area (Å²) in [4.78, 5) is 0. The van der Waals surface area contributed by atoms with Gasteiger partial charge in [0.25, 0.3) is 0 Å². The summed E-state index contributed by atoms with van der Waals surface area (Å²) in [7, 11) is 0. The van der Waals surface area contributed by atoms with Gasteiger partial charge >= 0.3 is 0 Å². The summed E-state index contributed by atoms with van der Waals surface area (Å²) in [5.41, 5.74) is 0. The normalized spacial score (nSPS) is 21.8. The molecule has 2 aliphatic heterocycles. The molecule has 0 spiro atoms. The van der Waals surface area contributed by atoms with Crippen molar-refractivity contribution in [3.63, 3.8) is 0 Å². The van der Waals surface area contributed by atoms with Crippen molar-refractivity contribution in [2.24, 2.45) is 0 Å². The topological polar surface area (TPSA) is 18.5 Å². The van der Waals surface area contributed by atoms with Gasteiger partial charge in [0, 0.05) is 26.4 Å². The minimum atomic E-state index is 0. The van der Waals surface area contributed by atoms with Gasteiger partial charge in [-0.25, -0.2) is 0 Å². The van der Waals surface area contributed by atoms with Gasteiger partial charge in [-0.05, 0) is 25.7 Å². The minimum absolute atomic E-state index is 0. The zero-order valence-corrected chi connectivity index (χ0v) is 7.97. The SMILES string of the molecule is C1CCOC1.C1CCOC1.S. The lowest BCUT2D eigenvalue weighted by Crippen LogP contribution is -1.74. The van der Waals surface area contributed by atoms with Gasteiger partial charge in [0.2, 0.25) is 0 Å². The summed E-state index contributed by atoms with van der Waals surface area (Å²) in [5.74, 6) is 0. The van der Waals surface area contributed by atoms with Crippen LogP contribution in [0.15, 0.2) is 0 Å². The molecule has 2 saturated heterocycles. The number of hydrogen-bond acceptors (Lipinski definition) is 2. The Kier molecular flexibility index (Phi) is 8.57.